The number of pyridine rings is 1. The van der Waals surface area contributed by atoms with Crippen LogP contribution in [0, 0.1) is 0 Å². The van der Waals surface area contributed by atoms with Crippen molar-refractivity contribution < 1.29 is 14.3 Å². The molecule has 0 aromatic carbocycles. The average Bonchev–Trinajstić information content (AvgIpc) is 2.61. The van der Waals surface area contributed by atoms with Crippen LogP contribution >= 0.6 is 0 Å². The molecule has 0 fully saturated rings. The van der Waals surface area contributed by atoms with Crippen molar-refractivity contribution in [3.63, 3.8) is 0 Å². The molecule has 25 heavy (non-hydrogen) atoms. The van der Waals surface area contributed by atoms with Gasteiger partial charge in [0.2, 0.25) is 0 Å². The van der Waals surface area contributed by atoms with Crippen LogP contribution < -0.4 is 16.6 Å². The molecule has 0 aliphatic carbocycles. The molecule has 0 saturated heterocycles. The Bertz CT molecular complexity index is 843. The number of carbonyl (C=O) groups is 1. The van der Waals surface area contributed by atoms with E-state index >= 15 is 0 Å². The molecular weight excluding hydrogens is 328 g/mol. The standard InChI is InChI=1S/C16H22N4O5/c1-3-5-20-13-12(15(22)19-16(20)23)9-11(10-18-13)14(21)17-4-6-25-8-7-24-2/h9-10H,3-8H2,1-2H3,(H,17,21)(H,19,22,23). The van der Waals surface area contributed by atoms with Crippen molar-refractivity contribution in [2.45, 2.75) is 19.9 Å². The second-order valence-corrected chi connectivity index (χ2v) is 5.37. The van der Waals surface area contributed by atoms with Gasteiger partial charge in [-0.3, -0.25) is 19.1 Å². The number of H-pyrrole nitrogens is 1. The third-order valence-electron chi connectivity index (χ3n) is 3.51. The lowest BCUT2D eigenvalue weighted by Gasteiger charge is -2.09. The van der Waals surface area contributed by atoms with E-state index in [0.29, 0.717) is 39.3 Å². The number of nitrogens with one attached hydrogen (secondary N) is 2. The molecule has 2 rings (SSSR count). The molecule has 2 N–H and O–H groups in total. The number of rotatable bonds is 9. The van der Waals surface area contributed by atoms with E-state index in [1.807, 2.05) is 6.92 Å². The van der Waals surface area contributed by atoms with E-state index in [2.05, 4.69) is 15.3 Å². The minimum Gasteiger partial charge on any atom is -0.382 e. The predicted molar refractivity (Wildman–Crippen MR) is 91.9 cm³/mol. The van der Waals surface area contributed by atoms with Crippen molar-refractivity contribution in [1.82, 2.24) is 19.9 Å². The van der Waals surface area contributed by atoms with Crippen LogP contribution in [0.4, 0.5) is 0 Å². The second-order valence-electron chi connectivity index (χ2n) is 5.37. The van der Waals surface area contributed by atoms with Crippen LogP contribution in [0.15, 0.2) is 21.9 Å². The second kappa shape index (κ2) is 9.09. The number of aryl methyl sites for hydroxylation is 1. The van der Waals surface area contributed by atoms with Gasteiger partial charge in [-0.2, -0.15) is 0 Å². The SMILES string of the molecule is CCCn1c(=O)[nH]c(=O)c2cc(C(=O)NCCOCCOC)cnc21. The maximum absolute atomic E-state index is 12.2. The van der Waals surface area contributed by atoms with E-state index in [-0.39, 0.29) is 22.5 Å². The summed E-state index contributed by atoms with van der Waals surface area (Å²) in [7, 11) is 1.58. The number of methoxy groups -OCH3 is 1. The lowest BCUT2D eigenvalue weighted by atomic mass is 10.2. The summed E-state index contributed by atoms with van der Waals surface area (Å²) in [6.45, 7) is 3.97. The Labute approximate surface area is 144 Å². The lowest BCUT2D eigenvalue weighted by Crippen LogP contribution is -2.32. The Hall–Kier alpha value is -2.52. The highest BCUT2D eigenvalue weighted by atomic mass is 16.5. The number of nitrogens with zero attached hydrogens (tertiary/aromatic N) is 2. The summed E-state index contributed by atoms with van der Waals surface area (Å²) in [6.07, 6.45) is 2.07. The van der Waals surface area contributed by atoms with Gasteiger partial charge >= 0.3 is 5.69 Å². The minimum absolute atomic E-state index is 0.206. The molecule has 0 aliphatic heterocycles. The van der Waals surface area contributed by atoms with Gasteiger partial charge in [-0.15, -0.1) is 0 Å². The van der Waals surface area contributed by atoms with Crippen LogP contribution in [0.1, 0.15) is 23.7 Å². The number of ether oxygens (including phenoxy) is 2. The molecule has 1 amide bonds. The first kappa shape index (κ1) is 18.8. The largest absolute Gasteiger partial charge is 0.382 e. The van der Waals surface area contributed by atoms with Crippen LogP contribution in [0.2, 0.25) is 0 Å². The van der Waals surface area contributed by atoms with Crippen molar-refractivity contribution in [2.24, 2.45) is 0 Å². The maximum atomic E-state index is 12.2. The normalized spacial score (nSPS) is 11.0. The lowest BCUT2D eigenvalue weighted by molar-refractivity contribution is 0.0692. The topological polar surface area (TPSA) is 115 Å². The fourth-order valence-electron chi connectivity index (χ4n) is 2.31. The summed E-state index contributed by atoms with van der Waals surface area (Å²) in [5.41, 5.74) is -0.540. The van der Waals surface area contributed by atoms with Crippen LogP contribution in [0.5, 0.6) is 0 Å². The zero-order chi connectivity index (χ0) is 18.2. The first-order chi connectivity index (χ1) is 12.1. The smallest absolute Gasteiger partial charge is 0.329 e. The predicted octanol–water partition coefficient (Wildman–Crippen LogP) is -0.112. The van der Waals surface area contributed by atoms with E-state index in [4.69, 9.17) is 9.47 Å². The van der Waals surface area contributed by atoms with Gasteiger partial charge in [-0.25, -0.2) is 9.78 Å². The number of carbonyl (C=O) groups excluding carboxylic acids is 1. The molecular formula is C16H22N4O5. The zero-order valence-corrected chi connectivity index (χ0v) is 14.3. The molecule has 0 radical (unpaired) electrons. The fraction of sp³-hybridized carbons (Fsp3) is 0.500. The van der Waals surface area contributed by atoms with Gasteiger partial charge < -0.3 is 14.8 Å². The summed E-state index contributed by atoms with van der Waals surface area (Å²) >= 11 is 0. The molecule has 136 valence electrons. The van der Waals surface area contributed by atoms with Gasteiger partial charge in [0.25, 0.3) is 11.5 Å². The molecule has 9 heteroatoms. The van der Waals surface area contributed by atoms with Gasteiger partial charge in [-0.05, 0) is 12.5 Å². The van der Waals surface area contributed by atoms with E-state index in [0.717, 1.165) is 0 Å². The molecule has 9 nitrogen and oxygen atoms in total. The first-order valence-electron chi connectivity index (χ1n) is 8.06. The van der Waals surface area contributed by atoms with Crippen LogP contribution in [0.3, 0.4) is 0 Å². The van der Waals surface area contributed by atoms with E-state index in [1.54, 1.807) is 7.11 Å². The van der Waals surface area contributed by atoms with Crippen molar-refractivity contribution in [3.05, 3.63) is 38.7 Å². The quantitative estimate of drug-likeness (QED) is 0.610. The summed E-state index contributed by atoms with van der Waals surface area (Å²) in [5, 5.41) is 2.89. The molecule has 0 saturated carbocycles. The van der Waals surface area contributed by atoms with Gasteiger partial charge in [0.05, 0.1) is 30.8 Å². The van der Waals surface area contributed by atoms with E-state index in [9.17, 15) is 14.4 Å². The van der Waals surface area contributed by atoms with E-state index < -0.39 is 11.2 Å². The van der Waals surface area contributed by atoms with Gasteiger partial charge in [-0.1, -0.05) is 6.92 Å². The summed E-state index contributed by atoms with van der Waals surface area (Å²) in [4.78, 5) is 42.4. The Morgan fingerprint density at radius 3 is 2.84 bits per heavy atom. The number of hydrogen-bond acceptors (Lipinski definition) is 6. The summed E-state index contributed by atoms with van der Waals surface area (Å²) in [6, 6.07) is 1.44. The van der Waals surface area contributed by atoms with Crippen LogP contribution in [0.25, 0.3) is 11.0 Å². The monoisotopic (exact) mass is 350 g/mol. The minimum atomic E-state index is -0.558. The third-order valence-corrected chi connectivity index (χ3v) is 3.51. The Kier molecular flexibility index (Phi) is 6.84. The molecule has 2 aromatic heterocycles. The maximum Gasteiger partial charge on any atom is 0.329 e. The highest BCUT2D eigenvalue weighted by Gasteiger charge is 2.12. The van der Waals surface area contributed by atoms with Crippen LogP contribution in [-0.4, -0.2) is 53.9 Å². The molecule has 0 atom stereocenters. The number of amides is 1. The summed E-state index contributed by atoms with van der Waals surface area (Å²) in [5.74, 6) is -0.364. The average molecular weight is 350 g/mol. The summed E-state index contributed by atoms with van der Waals surface area (Å²) < 4.78 is 11.5. The molecule has 0 unspecified atom stereocenters. The van der Waals surface area contributed by atoms with Crippen molar-refractivity contribution >= 4 is 16.9 Å². The van der Waals surface area contributed by atoms with Gasteiger partial charge in [0.1, 0.15) is 5.65 Å². The Morgan fingerprint density at radius 2 is 2.12 bits per heavy atom. The molecule has 2 aromatic rings. The Balaban J connectivity index is 2.14. The van der Waals surface area contributed by atoms with Gasteiger partial charge in [0.15, 0.2) is 0 Å². The number of aromatic nitrogens is 3. The van der Waals surface area contributed by atoms with Crippen molar-refractivity contribution in [1.29, 1.82) is 0 Å². The first-order valence-corrected chi connectivity index (χ1v) is 8.06. The van der Waals surface area contributed by atoms with E-state index in [1.165, 1.54) is 16.8 Å². The molecule has 0 aliphatic rings. The highest BCUT2D eigenvalue weighted by molar-refractivity contribution is 5.96. The van der Waals surface area contributed by atoms with Crippen LogP contribution in [-0.2, 0) is 16.0 Å². The molecule has 0 spiro atoms. The van der Waals surface area contributed by atoms with Gasteiger partial charge in [0, 0.05) is 26.4 Å². The number of aromatic amines is 1. The Morgan fingerprint density at radius 1 is 1.32 bits per heavy atom. The third kappa shape index (κ3) is 4.74. The molecule has 2 heterocycles. The zero-order valence-electron chi connectivity index (χ0n) is 14.3. The van der Waals surface area contributed by atoms with Crippen molar-refractivity contribution in [2.75, 3.05) is 33.5 Å². The van der Waals surface area contributed by atoms with Crippen molar-refractivity contribution in [3.8, 4) is 0 Å². The fourth-order valence-corrected chi connectivity index (χ4v) is 2.31. The number of fused-ring (bicyclic) bond motifs is 1. The number of hydrogen-bond donors (Lipinski definition) is 2. The highest BCUT2D eigenvalue weighted by Crippen LogP contribution is 2.08. The molecule has 0 bridgehead atoms.